The van der Waals surface area contributed by atoms with Crippen molar-refractivity contribution >= 4 is 31.9 Å². The highest BCUT2D eigenvalue weighted by Crippen LogP contribution is 2.24. The maximum Gasteiger partial charge on any atom is 0.265 e. The molecule has 0 aliphatic carbocycles. The average molecular weight is 373 g/mol. The van der Waals surface area contributed by atoms with E-state index in [9.17, 15) is 8.42 Å². The number of nitrogens with one attached hydrogen (secondary N) is 1. The van der Waals surface area contributed by atoms with E-state index in [0.717, 1.165) is 0 Å². The highest BCUT2D eigenvalue weighted by molar-refractivity contribution is 9.10. The van der Waals surface area contributed by atoms with Crippen molar-refractivity contribution in [2.45, 2.75) is 25.3 Å². The van der Waals surface area contributed by atoms with Crippen LogP contribution in [-0.2, 0) is 16.6 Å². The van der Waals surface area contributed by atoms with E-state index in [-0.39, 0.29) is 17.5 Å². The molecular weight excluding hydrogens is 360 g/mol. The molecule has 2 N–H and O–H groups in total. The first-order valence-corrected chi connectivity index (χ1v) is 8.21. The molecule has 1 aromatic heterocycles. The number of anilines is 1. The van der Waals surface area contributed by atoms with Crippen LogP contribution in [0.2, 0.25) is 0 Å². The Balaban J connectivity index is 2.40. The number of benzene rings is 1. The van der Waals surface area contributed by atoms with Gasteiger partial charge in [0.2, 0.25) is 0 Å². The molecule has 7 nitrogen and oxygen atoms in total. The summed E-state index contributed by atoms with van der Waals surface area (Å²) in [5.41, 5.74) is 1.70. The Morgan fingerprint density at radius 2 is 1.95 bits per heavy atom. The number of rotatable bonds is 4. The number of aliphatic hydroxyl groups excluding tert-OH is 1. The fourth-order valence-corrected chi connectivity index (χ4v) is 3.48. The Bertz CT molecular complexity index is 780. The van der Waals surface area contributed by atoms with Gasteiger partial charge in [0.1, 0.15) is 4.90 Å². The third-order valence-corrected chi connectivity index (χ3v) is 5.11. The van der Waals surface area contributed by atoms with Gasteiger partial charge in [-0.2, -0.15) is 5.10 Å². The van der Waals surface area contributed by atoms with Crippen LogP contribution in [0.4, 0.5) is 5.95 Å². The van der Waals surface area contributed by atoms with E-state index < -0.39 is 10.0 Å². The Kier molecular flexibility index (Phi) is 4.55. The van der Waals surface area contributed by atoms with Gasteiger partial charge in [-0.1, -0.05) is 6.07 Å². The molecule has 2 rings (SSSR count). The monoisotopic (exact) mass is 372 g/mol. The Labute approximate surface area is 130 Å². The van der Waals surface area contributed by atoms with Crippen LogP contribution in [0.5, 0.6) is 0 Å². The molecule has 0 aliphatic heterocycles. The number of aromatic nitrogens is 3. The molecule has 9 heteroatoms. The molecule has 0 amide bonds. The molecule has 0 bridgehead atoms. The van der Waals surface area contributed by atoms with Crippen LogP contribution in [0.25, 0.3) is 0 Å². The summed E-state index contributed by atoms with van der Waals surface area (Å²) in [5.74, 6) is -0.0978. The highest BCUT2D eigenvalue weighted by Gasteiger charge is 2.20. The lowest BCUT2D eigenvalue weighted by Crippen LogP contribution is -2.17. The van der Waals surface area contributed by atoms with E-state index in [2.05, 4.69) is 35.8 Å². The number of hydrogen-bond donors (Lipinski definition) is 2. The van der Waals surface area contributed by atoms with E-state index in [4.69, 9.17) is 5.11 Å². The second-order valence-corrected chi connectivity index (χ2v) is 6.84. The van der Waals surface area contributed by atoms with Crippen molar-refractivity contribution in [2.75, 3.05) is 4.72 Å². The van der Waals surface area contributed by atoms with Crippen molar-refractivity contribution in [3.05, 3.63) is 39.6 Å². The van der Waals surface area contributed by atoms with Crippen LogP contribution in [0.3, 0.4) is 0 Å². The predicted molar refractivity (Wildman–Crippen MR) is 80.2 cm³/mol. The van der Waals surface area contributed by atoms with Crippen molar-refractivity contribution in [3.8, 4) is 0 Å². The standard InChI is InChI=1S/C12H13BrN4O3S/c1-7-8(2)15-16-12(14-7)17-21(19,20)11-5-9(6-18)3-4-10(11)13/h3-5,18H,6H2,1-2H3,(H,14,16,17). The molecule has 1 heterocycles. The summed E-state index contributed by atoms with van der Waals surface area (Å²) in [5, 5.41) is 16.6. The minimum atomic E-state index is -3.88. The van der Waals surface area contributed by atoms with Gasteiger partial charge in [0.15, 0.2) is 0 Å². The quantitative estimate of drug-likeness (QED) is 0.843. The van der Waals surface area contributed by atoms with Crippen LogP contribution < -0.4 is 4.72 Å². The molecule has 21 heavy (non-hydrogen) atoms. The number of nitrogens with zero attached hydrogens (tertiary/aromatic N) is 3. The molecule has 0 unspecified atom stereocenters. The van der Waals surface area contributed by atoms with Gasteiger partial charge in [0.25, 0.3) is 16.0 Å². The van der Waals surface area contributed by atoms with Crippen LogP contribution in [0.1, 0.15) is 17.0 Å². The molecule has 0 saturated carbocycles. The minimum Gasteiger partial charge on any atom is -0.392 e. The molecule has 0 saturated heterocycles. The lowest BCUT2D eigenvalue weighted by Gasteiger charge is -2.10. The minimum absolute atomic E-state index is 0.00382. The summed E-state index contributed by atoms with van der Waals surface area (Å²) in [6.07, 6.45) is 0. The van der Waals surface area contributed by atoms with E-state index in [1.54, 1.807) is 26.0 Å². The smallest absolute Gasteiger partial charge is 0.265 e. The highest BCUT2D eigenvalue weighted by atomic mass is 79.9. The molecule has 112 valence electrons. The van der Waals surface area contributed by atoms with Crippen LogP contribution in [-0.4, -0.2) is 28.7 Å². The Morgan fingerprint density at radius 1 is 1.24 bits per heavy atom. The lowest BCUT2D eigenvalue weighted by atomic mass is 10.2. The second-order valence-electron chi connectivity index (χ2n) is 4.33. The van der Waals surface area contributed by atoms with Crippen molar-refractivity contribution in [1.29, 1.82) is 0 Å². The molecule has 0 spiro atoms. The SMILES string of the molecule is Cc1nnc(NS(=O)(=O)c2cc(CO)ccc2Br)nc1C. The summed E-state index contributed by atoms with van der Waals surface area (Å²) in [4.78, 5) is 4.02. The van der Waals surface area contributed by atoms with Gasteiger partial charge in [-0.3, -0.25) is 0 Å². The number of sulfonamides is 1. The van der Waals surface area contributed by atoms with Gasteiger partial charge in [0.05, 0.1) is 18.0 Å². The van der Waals surface area contributed by atoms with Crippen molar-refractivity contribution in [2.24, 2.45) is 0 Å². The second kappa shape index (κ2) is 6.04. The largest absolute Gasteiger partial charge is 0.392 e. The predicted octanol–water partition coefficient (Wildman–Crippen LogP) is 1.54. The number of aryl methyl sites for hydroxylation is 2. The fourth-order valence-electron chi connectivity index (χ4n) is 1.53. The topological polar surface area (TPSA) is 105 Å². The van der Waals surface area contributed by atoms with Gasteiger partial charge >= 0.3 is 0 Å². The van der Waals surface area contributed by atoms with E-state index in [0.29, 0.717) is 21.4 Å². The van der Waals surface area contributed by atoms with Crippen molar-refractivity contribution in [3.63, 3.8) is 0 Å². The zero-order valence-electron chi connectivity index (χ0n) is 11.3. The lowest BCUT2D eigenvalue weighted by molar-refractivity contribution is 0.281. The number of hydrogen-bond acceptors (Lipinski definition) is 6. The van der Waals surface area contributed by atoms with E-state index in [1.165, 1.54) is 6.07 Å². The normalized spacial score (nSPS) is 11.4. The van der Waals surface area contributed by atoms with Crippen molar-refractivity contribution < 1.29 is 13.5 Å². The molecule has 0 aliphatic rings. The van der Waals surface area contributed by atoms with Gasteiger partial charge in [-0.15, -0.1) is 5.10 Å². The summed E-state index contributed by atoms with van der Waals surface area (Å²) in [6.45, 7) is 3.19. The molecule has 0 atom stereocenters. The average Bonchev–Trinajstić information content (AvgIpc) is 2.43. The fraction of sp³-hybridized carbons (Fsp3) is 0.250. The van der Waals surface area contributed by atoms with Gasteiger partial charge in [-0.25, -0.2) is 18.1 Å². The first-order chi connectivity index (χ1) is 9.83. The van der Waals surface area contributed by atoms with Gasteiger partial charge in [0, 0.05) is 4.47 Å². The first-order valence-electron chi connectivity index (χ1n) is 5.93. The Hall–Kier alpha value is -1.58. The van der Waals surface area contributed by atoms with Crippen LogP contribution >= 0.6 is 15.9 Å². The van der Waals surface area contributed by atoms with E-state index in [1.807, 2.05) is 0 Å². The number of halogens is 1. The summed E-state index contributed by atoms with van der Waals surface area (Å²) >= 11 is 3.18. The third-order valence-electron chi connectivity index (χ3n) is 2.79. The molecule has 2 aromatic rings. The number of aliphatic hydroxyl groups is 1. The zero-order chi connectivity index (χ0) is 15.6. The molecule has 1 aromatic carbocycles. The summed E-state index contributed by atoms with van der Waals surface area (Å²) < 4.78 is 27.4. The molecule has 0 radical (unpaired) electrons. The van der Waals surface area contributed by atoms with E-state index >= 15 is 0 Å². The summed E-state index contributed by atoms with van der Waals surface area (Å²) in [7, 11) is -3.88. The van der Waals surface area contributed by atoms with Crippen LogP contribution in [0.15, 0.2) is 27.6 Å². The maximum atomic E-state index is 12.4. The molecule has 0 fully saturated rings. The van der Waals surface area contributed by atoms with Crippen molar-refractivity contribution in [1.82, 2.24) is 15.2 Å². The maximum absolute atomic E-state index is 12.4. The summed E-state index contributed by atoms with van der Waals surface area (Å²) in [6, 6.07) is 4.55. The van der Waals surface area contributed by atoms with Gasteiger partial charge in [-0.05, 0) is 47.5 Å². The zero-order valence-corrected chi connectivity index (χ0v) is 13.7. The van der Waals surface area contributed by atoms with Crippen LogP contribution in [0, 0.1) is 13.8 Å². The Morgan fingerprint density at radius 3 is 2.57 bits per heavy atom. The first kappa shape index (κ1) is 15.8. The molecular formula is C12H13BrN4O3S. The van der Waals surface area contributed by atoms with Gasteiger partial charge < -0.3 is 5.11 Å². The third kappa shape index (κ3) is 3.55.